The van der Waals surface area contributed by atoms with Crippen molar-refractivity contribution in [2.24, 2.45) is 17.6 Å². The molecule has 2 aliphatic rings. The Bertz CT molecular complexity index is 199. The minimum absolute atomic E-state index is 0.358. The summed E-state index contributed by atoms with van der Waals surface area (Å²) in [4.78, 5) is 10.6. The van der Waals surface area contributed by atoms with Crippen molar-refractivity contribution in [3.05, 3.63) is 0 Å². The Labute approximate surface area is 79.1 Å². The summed E-state index contributed by atoms with van der Waals surface area (Å²) in [5, 5.41) is 2.80. The van der Waals surface area contributed by atoms with Gasteiger partial charge in [0.15, 0.2) is 0 Å². The Kier molecular flexibility index (Phi) is 2.42. The molecule has 0 aliphatic heterocycles. The van der Waals surface area contributed by atoms with Crippen molar-refractivity contribution >= 4 is 6.03 Å². The van der Waals surface area contributed by atoms with Crippen molar-refractivity contribution < 1.29 is 4.79 Å². The second-order valence-corrected chi connectivity index (χ2v) is 4.41. The molecule has 0 aromatic carbocycles. The molecule has 0 bridgehead atoms. The zero-order valence-corrected chi connectivity index (χ0v) is 7.96. The number of primary amides is 1. The Hall–Kier alpha value is -0.730. The normalized spacial score (nSPS) is 34.2. The van der Waals surface area contributed by atoms with Gasteiger partial charge in [0, 0.05) is 6.04 Å². The highest BCUT2D eigenvalue weighted by molar-refractivity contribution is 5.72. The van der Waals surface area contributed by atoms with E-state index >= 15 is 0 Å². The van der Waals surface area contributed by atoms with Crippen molar-refractivity contribution in [2.45, 2.75) is 44.6 Å². The van der Waals surface area contributed by atoms with Crippen LogP contribution in [0.2, 0.25) is 0 Å². The fourth-order valence-corrected chi connectivity index (χ4v) is 2.65. The molecule has 3 nitrogen and oxygen atoms in total. The molecule has 2 rings (SSSR count). The van der Waals surface area contributed by atoms with E-state index in [1.165, 1.54) is 32.1 Å². The van der Waals surface area contributed by atoms with Gasteiger partial charge in [-0.25, -0.2) is 4.79 Å². The summed E-state index contributed by atoms with van der Waals surface area (Å²) < 4.78 is 0. The third kappa shape index (κ3) is 2.14. The van der Waals surface area contributed by atoms with Crippen LogP contribution in [0.25, 0.3) is 0 Å². The number of rotatable bonds is 2. The summed E-state index contributed by atoms with van der Waals surface area (Å²) in [5.41, 5.74) is 5.08. The summed E-state index contributed by atoms with van der Waals surface area (Å²) in [5.74, 6) is 1.61. The zero-order valence-electron chi connectivity index (χ0n) is 7.96. The highest BCUT2D eigenvalue weighted by Crippen LogP contribution is 2.44. The summed E-state index contributed by atoms with van der Waals surface area (Å²) in [7, 11) is 0. The van der Waals surface area contributed by atoms with E-state index in [0.29, 0.717) is 6.04 Å². The van der Waals surface area contributed by atoms with E-state index in [1.807, 2.05) is 0 Å². The highest BCUT2D eigenvalue weighted by Gasteiger charge is 2.43. The lowest BCUT2D eigenvalue weighted by atomic mass is 9.85. The molecule has 0 radical (unpaired) electrons. The van der Waals surface area contributed by atoms with E-state index in [4.69, 9.17) is 5.73 Å². The van der Waals surface area contributed by atoms with Crippen LogP contribution in [0.3, 0.4) is 0 Å². The summed E-state index contributed by atoms with van der Waals surface area (Å²) in [6.45, 7) is 0. The van der Waals surface area contributed by atoms with Crippen LogP contribution < -0.4 is 11.1 Å². The second-order valence-electron chi connectivity index (χ2n) is 4.41. The van der Waals surface area contributed by atoms with E-state index in [9.17, 15) is 4.79 Å². The number of hydrogen-bond acceptors (Lipinski definition) is 1. The molecule has 0 saturated heterocycles. The van der Waals surface area contributed by atoms with Crippen LogP contribution in [0.1, 0.15) is 38.5 Å². The highest BCUT2D eigenvalue weighted by atomic mass is 16.2. The van der Waals surface area contributed by atoms with Crippen molar-refractivity contribution in [3.8, 4) is 0 Å². The van der Waals surface area contributed by atoms with Crippen molar-refractivity contribution in [1.29, 1.82) is 0 Å². The summed E-state index contributed by atoms with van der Waals surface area (Å²) in [6.07, 6.45) is 8.04. The van der Waals surface area contributed by atoms with Crippen LogP contribution in [0.5, 0.6) is 0 Å². The number of nitrogens with two attached hydrogens (primary N) is 1. The smallest absolute Gasteiger partial charge is 0.312 e. The van der Waals surface area contributed by atoms with Crippen molar-refractivity contribution in [3.63, 3.8) is 0 Å². The Morgan fingerprint density at radius 2 is 1.92 bits per heavy atom. The maximum absolute atomic E-state index is 10.6. The molecule has 0 aromatic heterocycles. The van der Waals surface area contributed by atoms with Gasteiger partial charge in [-0.3, -0.25) is 0 Å². The van der Waals surface area contributed by atoms with Crippen LogP contribution in [0.4, 0.5) is 4.79 Å². The zero-order chi connectivity index (χ0) is 9.26. The molecule has 2 aliphatic carbocycles. The lowest BCUT2D eigenvalue weighted by molar-refractivity contribution is 0.246. The maximum atomic E-state index is 10.6. The van der Waals surface area contributed by atoms with Crippen LogP contribution in [0, 0.1) is 11.8 Å². The predicted molar refractivity (Wildman–Crippen MR) is 51.2 cm³/mol. The van der Waals surface area contributed by atoms with Crippen LogP contribution in [-0.4, -0.2) is 12.1 Å². The first kappa shape index (κ1) is 8.85. The first-order chi connectivity index (χ1) is 6.27. The van der Waals surface area contributed by atoms with E-state index in [2.05, 4.69) is 5.32 Å². The van der Waals surface area contributed by atoms with E-state index in [0.717, 1.165) is 18.3 Å². The van der Waals surface area contributed by atoms with Gasteiger partial charge >= 0.3 is 6.03 Å². The minimum Gasteiger partial charge on any atom is -0.352 e. The van der Waals surface area contributed by atoms with Gasteiger partial charge in [-0.1, -0.05) is 32.1 Å². The average molecular weight is 182 g/mol. The van der Waals surface area contributed by atoms with Gasteiger partial charge in [-0.15, -0.1) is 0 Å². The maximum Gasteiger partial charge on any atom is 0.312 e. The molecule has 2 amide bonds. The molecule has 3 N–H and O–H groups in total. The van der Waals surface area contributed by atoms with Gasteiger partial charge in [0.25, 0.3) is 0 Å². The van der Waals surface area contributed by atoms with Gasteiger partial charge in [0.05, 0.1) is 0 Å². The van der Waals surface area contributed by atoms with Gasteiger partial charge < -0.3 is 11.1 Å². The standard InChI is InChI=1S/C10H18N2O/c11-10(13)12-9-6-8(9)7-4-2-1-3-5-7/h7-9H,1-6H2,(H3,11,12,13)/t8-,9+/m0/s1. The van der Waals surface area contributed by atoms with Crippen molar-refractivity contribution in [1.82, 2.24) is 5.32 Å². The van der Waals surface area contributed by atoms with Gasteiger partial charge in [-0.05, 0) is 18.3 Å². The van der Waals surface area contributed by atoms with Gasteiger partial charge in [0.2, 0.25) is 0 Å². The lowest BCUT2D eigenvalue weighted by Gasteiger charge is -2.21. The largest absolute Gasteiger partial charge is 0.352 e. The summed E-state index contributed by atoms with van der Waals surface area (Å²) >= 11 is 0. The molecule has 2 atom stereocenters. The number of hydrogen-bond donors (Lipinski definition) is 2. The minimum atomic E-state index is -0.358. The molecule has 3 heteroatoms. The first-order valence-electron chi connectivity index (χ1n) is 5.33. The Morgan fingerprint density at radius 3 is 2.54 bits per heavy atom. The fraction of sp³-hybridized carbons (Fsp3) is 0.900. The Morgan fingerprint density at radius 1 is 1.23 bits per heavy atom. The lowest BCUT2D eigenvalue weighted by Crippen LogP contribution is -2.33. The molecule has 0 aromatic rings. The number of carbonyl (C=O) groups is 1. The van der Waals surface area contributed by atoms with E-state index in [1.54, 1.807) is 0 Å². The predicted octanol–water partition coefficient (Wildman–Crippen LogP) is 1.62. The number of urea groups is 1. The van der Waals surface area contributed by atoms with Crippen LogP contribution >= 0.6 is 0 Å². The molecule has 13 heavy (non-hydrogen) atoms. The molecule has 0 spiro atoms. The van der Waals surface area contributed by atoms with Crippen LogP contribution in [0.15, 0.2) is 0 Å². The molecular formula is C10H18N2O. The fourth-order valence-electron chi connectivity index (χ4n) is 2.65. The van der Waals surface area contributed by atoms with E-state index in [-0.39, 0.29) is 6.03 Å². The first-order valence-corrected chi connectivity index (χ1v) is 5.33. The molecule has 2 saturated carbocycles. The third-order valence-electron chi connectivity index (χ3n) is 3.42. The quantitative estimate of drug-likeness (QED) is 0.670. The molecular weight excluding hydrogens is 164 g/mol. The molecule has 2 fully saturated rings. The van der Waals surface area contributed by atoms with Gasteiger partial charge in [-0.2, -0.15) is 0 Å². The number of carbonyl (C=O) groups excluding carboxylic acids is 1. The molecule has 0 heterocycles. The van der Waals surface area contributed by atoms with Crippen molar-refractivity contribution in [2.75, 3.05) is 0 Å². The van der Waals surface area contributed by atoms with E-state index < -0.39 is 0 Å². The van der Waals surface area contributed by atoms with Gasteiger partial charge in [0.1, 0.15) is 0 Å². The third-order valence-corrected chi connectivity index (χ3v) is 3.42. The summed E-state index contributed by atoms with van der Waals surface area (Å²) in [6, 6.07) is 0.0453. The monoisotopic (exact) mass is 182 g/mol. The number of nitrogens with one attached hydrogen (secondary N) is 1. The van der Waals surface area contributed by atoms with Crippen LogP contribution in [-0.2, 0) is 0 Å². The Balaban J connectivity index is 1.74. The molecule has 0 unspecified atom stereocenters. The molecule has 74 valence electrons. The number of amides is 2. The SMILES string of the molecule is NC(=O)N[C@@H]1C[C@H]1C1CCCCC1. The second kappa shape index (κ2) is 3.56. The average Bonchev–Trinajstić information content (AvgIpc) is 2.84. The topological polar surface area (TPSA) is 55.1 Å².